The predicted octanol–water partition coefficient (Wildman–Crippen LogP) is 5.92. The number of nitrogens with one attached hydrogen (secondary N) is 2. The van der Waals surface area contributed by atoms with E-state index in [0.717, 1.165) is 15.4 Å². The average Bonchev–Trinajstić information content (AvgIpc) is 3.14. The Labute approximate surface area is 188 Å². The molecule has 0 saturated heterocycles. The summed E-state index contributed by atoms with van der Waals surface area (Å²) >= 11 is 9.20. The molecule has 6 nitrogen and oxygen atoms in total. The van der Waals surface area contributed by atoms with Gasteiger partial charge in [0, 0.05) is 15.9 Å². The van der Waals surface area contributed by atoms with Crippen LogP contribution in [0.3, 0.4) is 0 Å². The number of phenols is 1. The molecule has 0 bridgehead atoms. The van der Waals surface area contributed by atoms with Gasteiger partial charge in [-0.05, 0) is 35.9 Å². The summed E-state index contributed by atoms with van der Waals surface area (Å²) in [6, 6.07) is 8.38. The molecule has 4 rings (SSSR count). The van der Waals surface area contributed by atoms with Crippen LogP contribution < -0.4 is 10.6 Å². The highest BCUT2D eigenvalue weighted by Gasteiger charge is 2.47. The molecule has 0 radical (unpaired) electrons. The number of alkyl halides is 3. The largest absolute Gasteiger partial charge is 0.506 e. The lowest BCUT2D eigenvalue weighted by atomic mass is 9.96. The number of hydrogen-bond donors (Lipinski definition) is 3. The van der Waals surface area contributed by atoms with Crippen molar-refractivity contribution < 1.29 is 23.1 Å². The van der Waals surface area contributed by atoms with Gasteiger partial charge >= 0.3 is 6.18 Å². The summed E-state index contributed by atoms with van der Waals surface area (Å²) in [4.78, 5) is 12.8. The molecule has 0 unspecified atom stereocenters. The summed E-state index contributed by atoms with van der Waals surface area (Å²) in [5.74, 6) is -1.02. The molecule has 0 spiro atoms. The summed E-state index contributed by atoms with van der Waals surface area (Å²) in [6.07, 6.45) is -3.77. The van der Waals surface area contributed by atoms with Gasteiger partial charge in [-0.1, -0.05) is 39.7 Å². The molecule has 1 aliphatic heterocycles. The number of hydrogen-bond acceptors (Lipinski definition) is 4. The highest BCUT2D eigenvalue weighted by atomic mass is 79.9. The van der Waals surface area contributed by atoms with Gasteiger partial charge in [-0.25, -0.2) is 4.68 Å². The van der Waals surface area contributed by atoms with E-state index >= 15 is 0 Å². The molecule has 1 aliphatic rings. The van der Waals surface area contributed by atoms with Crippen LogP contribution >= 0.6 is 27.5 Å². The third-order valence-corrected chi connectivity index (χ3v) is 5.73. The number of amides is 1. The van der Waals surface area contributed by atoms with Crippen molar-refractivity contribution in [3.8, 4) is 5.75 Å². The maximum Gasteiger partial charge on any atom is 0.410 e. The number of nitrogens with zero attached hydrogens (tertiary/aromatic N) is 2. The number of phenolic OH excluding ortho intramolecular Hbond substituents is 1. The minimum absolute atomic E-state index is 0.0325. The highest BCUT2D eigenvalue weighted by molar-refractivity contribution is 9.10. The van der Waals surface area contributed by atoms with E-state index < -0.39 is 24.2 Å². The zero-order valence-corrected chi connectivity index (χ0v) is 18.0. The van der Waals surface area contributed by atoms with Crippen LogP contribution in [0.4, 0.5) is 24.7 Å². The predicted molar refractivity (Wildman–Crippen MR) is 114 cm³/mol. The molecule has 0 aliphatic carbocycles. The molecule has 0 fully saturated rings. The highest BCUT2D eigenvalue weighted by Crippen LogP contribution is 2.44. The standard InChI is InChI=1S/C20H15BrClF3N4O2/c21-11-3-1-10(2-4-11)14-8-17(20(23,24)25)29-18(27-14)13(9-26-29)19(31)28-15-7-12(22)5-6-16(15)30/h1-7,9,14,17,27,30H,8H2,(H,28,31)/t14-,17-/m0/s1. The monoisotopic (exact) mass is 514 g/mol. The van der Waals surface area contributed by atoms with Crippen LogP contribution in [-0.2, 0) is 0 Å². The van der Waals surface area contributed by atoms with Crippen molar-refractivity contribution in [1.29, 1.82) is 0 Å². The normalized spacial score (nSPS) is 18.2. The van der Waals surface area contributed by atoms with Crippen molar-refractivity contribution in [3.05, 3.63) is 69.3 Å². The van der Waals surface area contributed by atoms with Crippen LogP contribution in [0.1, 0.15) is 34.4 Å². The third kappa shape index (κ3) is 4.35. The van der Waals surface area contributed by atoms with Gasteiger partial charge in [0.05, 0.1) is 17.9 Å². The number of halogens is 5. The Morgan fingerprint density at radius 2 is 1.97 bits per heavy atom. The first-order valence-electron chi connectivity index (χ1n) is 9.09. The Hall–Kier alpha value is -2.72. The molecular weight excluding hydrogens is 501 g/mol. The van der Waals surface area contributed by atoms with E-state index in [1.165, 1.54) is 18.2 Å². The number of aromatic hydroxyl groups is 1. The Morgan fingerprint density at radius 1 is 1.26 bits per heavy atom. The summed E-state index contributed by atoms with van der Waals surface area (Å²) in [7, 11) is 0. The van der Waals surface area contributed by atoms with Crippen molar-refractivity contribution in [3.63, 3.8) is 0 Å². The average molecular weight is 516 g/mol. The van der Waals surface area contributed by atoms with Gasteiger partial charge in [0.15, 0.2) is 6.04 Å². The van der Waals surface area contributed by atoms with Crippen molar-refractivity contribution in [2.45, 2.75) is 24.7 Å². The lowest BCUT2D eigenvalue weighted by Crippen LogP contribution is -2.36. The SMILES string of the molecule is O=C(Nc1cc(Cl)ccc1O)c1cnn2c1N[C@H](c1ccc(Br)cc1)C[C@H]2C(F)(F)F. The molecule has 2 aromatic carbocycles. The van der Waals surface area contributed by atoms with E-state index in [9.17, 15) is 23.1 Å². The first kappa shape index (κ1) is 21.5. The summed E-state index contributed by atoms with van der Waals surface area (Å²) < 4.78 is 42.9. The van der Waals surface area contributed by atoms with Crippen LogP contribution in [0, 0.1) is 0 Å². The summed E-state index contributed by atoms with van der Waals surface area (Å²) in [5, 5.41) is 19.5. The first-order valence-corrected chi connectivity index (χ1v) is 10.3. The van der Waals surface area contributed by atoms with Gasteiger partial charge < -0.3 is 15.7 Å². The number of benzene rings is 2. The second-order valence-corrected chi connectivity index (χ2v) is 8.36. The van der Waals surface area contributed by atoms with Crippen molar-refractivity contribution in [2.24, 2.45) is 0 Å². The van der Waals surface area contributed by atoms with E-state index in [1.54, 1.807) is 24.3 Å². The van der Waals surface area contributed by atoms with Crippen LogP contribution in [0.25, 0.3) is 0 Å². The lowest BCUT2D eigenvalue weighted by Gasteiger charge is -2.34. The van der Waals surface area contributed by atoms with Gasteiger partial charge in [0.1, 0.15) is 17.1 Å². The van der Waals surface area contributed by atoms with Crippen molar-refractivity contribution in [2.75, 3.05) is 10.6 Å². The van der Waals surface area contributed by atoms with E-state index in [1.807, 2.05) is 0 Å². The van der Waals surface area contributed by atoms with Crippen LogP contribution in [-0.4, -0.2) is 27.0 Å². The van der Waals surface area contributed by atoms with Crippen LogP contribution in [0.2, 0.25) is 5.02 Å². The third-order valence-electron chi connectivity index (χ3n) is 4.96. The van der Waals surface area contributed by atoms with Gasteiger partial charge in [-0.2, -0.15) is 18.3 Å². The van der Waals surface area contributed by atoms with Gasteiger partial charge in [0.2, 0.25) is 0 Å². The zero-order chi connectivity index (χ0) is 22.3. The van der Waals surface area contributed by atoms with E-state index in [2.05, 4.69) is 31.7 Å². The fourth-order valence-electron chi connectivity index (χ4n) is 3.44. The van der Waals surface area contributed by atoms with E-state index in [4.69, 9.17) is 11.6 Å². The summed E-state index contributed by atoms with van der Waals surface area (Å²) in [6.45, 7) is 0. The molecule has 0 saturated carbocycles. The molecule has 3 aromatic rings. The molecule has 2 heterocycles. The summed E-state index contributed by atoms with van der Waals surface area (Å²) in [5.41, 5.74) is 0.587. The molecule has 1 amide bonds. The van der Waals surface area contributed by atoms with Gasteiger partial charge in [-0.15, -0.1) is 0 Å². The zero-order valence-electron chi connectivity index (χ0n) is 15.6. The lowest BCUT2D eigenvalue weighted by molar-refractivity contribution is -0.173. The number of fused-ring (bicyclic) bond motifs is 1. The van der Waals surface area contributed by atoms with Crippen molar-refractivity contribution in [1.82, 2.24) is 9.78 Å². The molecule has 11 heteroatoms. The van der Waals surface area contributed by atoms with Gasteiger partial charge in [0.25, 0.3) is 5.91 Å². The van der Waals surface area contributed by atoms with E-state index in [0.29, 0.717) is 5.56 Å². The molecule has 3 N–H and O–H groups in total. The molecule has 1 aromatic heterocycles. The maximum absolute atomic E-state index is 13.8. The fourth-order valence-corrected chi connectivity index (χ4v) is 3.88. The second-order valence-electron chi connectivity index (χ2n) is 7.01. The maximum atomic E-state index is 13.8. The molecular formula is C20H15BrClF3N4O2. The van der Waals surface area contributed by atoms with Crippen LogP contribution in [0.5, 0.6) is 5.75 Å². The number of aromatic nitrogens is 2. The smallest absolute Gasteiger partial charge is 0.410 e. The molecule has 162 valence electrons. The number of carbonyl (C=O) groups excluding carboxylic acids is 1. The first-order chi connectivity index (χ1) is 14.6. The van der Waals surface area contributed by atoms with E-state index in [-0.39, 0.29) is 34.3 Å². The van der Waals surface area contributed by atoms with Gasteiger partial charge in [-0.3, -0.25) is 4.79 Å². The topological polar surface area (TPSA) is 79.2 Å². The molecule has 2 atom stereocenters. The Balaban J connectivity index is 1.70. The number of anilines is 2. The second kappa shape index (κ2) is 8.08. The Morgan fingerprint density at radius 3 is 2.65 bits per heavy atom. The minimum Gasteiger partial charge on any atom is -0.506 e. The van der Waals surface area contributed by atoms with Crippen molar-refractivity contribution >= 4 is 44.9 Å². The Bertz CT molecular complexity index is 1130. The fraction of sp³-hybridized carbons (Fsp3) is 0.200. The Kier molecular flexibility index (Phi) is 5.61. The minimum atomic E-state index is -4.56. The van der Waals surface area contributed by atoms with Crippen LogP contribution in [0.15, 0.2) is 53.1 Å². The molecule has 31 heavy (non-hydrogen) atoms. The number of carbonyl (C=O) groups is 1. The number of rotatable bonds is 3. The quantitative estimate of drug-likeness (QED) is 0.379.